The number of rotatable bonds is 6. The predicted octanol–water partition coefficient (Wildman–Crippen LogP) is 2.79. The molecule has 0 spiro atoms. The summed E-state index contributed by atoms with van der Waals surface area (Å²) in [6.45, 7) is 6.45. The Morgan fingerprint density at radius 2 is 2.00 bits per heavy atom. The SMILES string of the molecule is COC(C(NN)c1cccc(OC2CC2)c1)C(C)(C)C. The van der Waals surface area contributed by atoms with E-state index in [1.165, 1.54) is 0 Å². The van der Waals surface area contributed by atoms with Gasteiger partial charge in [0.25, 0.3) is 0 Å². The second kappa shape index (κ2) is 6.12. The minimum absolute atomic E-state index is 0.0147. The van der Waals surface area contributed by atoms with E-state index in [2.05, 4.69) is 38.3 Å². The molecular formula is C16H26N2O2. The van der Waals surface area contributed by atoms with Crippen LogP contribution in [0.25, 0.3) is 0 Å². The maximum Gasteiger partial charge on any atom is 0.120 e. The highest BCUT2D eigenvalue weighted by atomic mass is 16.5. The van der Waals surface area contributed by atoms with Gasteiger partial charge in [-0.1, -0.05) is 32.9 Å². The standard InChI is InChI=1S/C16H26N2O2/c1-16(2,3)15(19-4)14(18-17)11-6-5-7-13(10-11)20-12-8-9-12/h5-7,10,12,14-15,18H,8-9,17H2,1-4H3. The molecule has 1 aliphatic carbocycles. The van der Waals surface area contributed by atoms with Crippen molar-refractivity contribution in [2.45, 2.75) is 51.9 Å². The molecule has 2 rings (SSSR count). The Balaban J connectivity index is 2.21. The molecule has 4 nitrogen and oxygen atoms in total. The number of nitrogens with one attached hydrogen (secondary N) is 1. The van der Waals surface area contributed by atoms with Gasteiger partial charge in [0.05, 0.1) is 18.2 Å². The smallest absolute Gasteiger partial charge is 0.120 e. The minimum Gasteiger partial charge on any atom is -0.490 e. The minimum atomic E-state index is -0.0669. The topological polar surface area (TPSA) is 56.5 Å². The zero-order chi connectivity index (χ0) is 14.8. The lowest BCUT2D eigenvalue weighted by Crippen LogP contribution is -2.44. The van der Waals surface area contributed by atoms with Crippen molar-refractivity contribution in [1.29, 1.82) is 0 Å². The highest BCUT2D eigenvalue weighted by molar-refractivity contribution is 5.32. The van der Waals surface area contributed by atoms with Gasteiger partial charge in [-0.05, 0) is 36.0 Å². The summed E-state index contributed by atoms with van der Waals surface area (Å²) in [6.07, 6.45) is 2.69. The van der Waals surface area contributed by atoms with E-state index in [1.807, 2.05) is 12.1 Å². The third-order valence-corrected chi connectivity index (χ3v) is 3.63. The average Bonchev–Trinajstić information content (AvgIpc) is 3.18. The van der Waals surface area contributed by atoms with Crippen LogP contribution in [0.3, 0.4) is 0 Å². The van der Waals surface area contributed by atoms with Crippen molar-refractivity contribution in [3.63, 3.8) is 0 Å². The summed E-state index contributed by atoms with van der Waals surface area (Å²) in [5.74, 6) is 6.68. The summed E-state index contributed by atoms with van der Waals surface area (Å²) < 4.78 is 11.5. The van der Waals surface area contributed by atoms with Gasteiger partial charge in [0, 0.05) is 7.11 Å². The van der Waals surface area contributed by atoms with Crippen LogP contribution in [0, 0.1) is 5.41 Å². The summed E-state index contributed by atoms with van der Waals surface area (Å²) in [4.78, 5) is 0. The first-order chi connectivity index (χ1) is 9.45. The lowest BCUT2D eigenvalue weighted by molar-refractivity contribution is -0.0120. The quantitative estimate of drug-likeness (QED) is 0.620. The van der Waals surface area contributed by atoms with Gasteiger partial charge in [-0.3, -0.25) is 11.3 Å². The van der Waals surface area contributed by atoms with Gasteiger partial charge >= 0.3 is 0 Å². The Morgan fingerprint density at radius 1 is 1.30 bits per heavy atom. The average molecular weight is 278 g/mol. The van der Waals surface area contributed by atoms with Gasteiger partial charge in [0.15, 0.2) is 0 Å². The molecule has 0 aromatic heterocycles. The first-order valence-electron chi connectivity index (χ1n) is 7.21. The van der Waals surface area contributed by atoms with Crippen molar-refractivity contribution in [2.75, 3.05) is 7.11 Å². The Hall–Kier alpha value is -1.10. The fourth-order valence-corrected chi connectivity index (χ4v) is 2.51. The zero-order valence-electron chi connectivity index (χ0n) is 12.8. The van der Waals surface area contributed by atoms with Gasteiger partial charge in [-0.25, -0.2) is 0 Å². The first-order valence-corrected chi connectivity index (χ1v) is 7.21. The molecule has 1 aromatic carbocycles. The maximum absolute atomic E-state index is 5.85. The van der Waals surface area contributed by atoms with E-state index in [-0.39, 0.29) is 17.6 Å². The third-order valence-electron chi connectivity index (χ3n) is 3.63. The summed E-state index contributed by atoms with van der Waals surface area (Å²) >= 11 is 0. The largest absolute Gasteiger partial charge is 0.490 e. The normalized spacial score (nSPS) is 18.6. The van der Waals surface area contributed by atoms with Crippen LogP contribution >= 0.6 is 0 Å². The molecule has 1 aliphatic rings. The fraction of sp³-hybridized carbons (Fsp3) is 0.625. The number of benzene rings is 1. The van der Waals surface area contributed by atoms with Crippen molar-refractivity contribution >= 4 is 0 Å². The summed E-state index contributed by atoms with van der Waals surface area (Å²) in [5.41, 5.74) is 3.97. The molecule has 2 atom stereocenters. The summed E-state index contributed by atoms with van der Waals surface area (Å²) in [6, 6.07) is 8.05. The molecule has 0 saturated heterocycles. The van der Waals surface area contributed by atoms with Crippen LogP contribution in [0.2, 0.25) is 0 Å². The second-order valence-electron chi connectivity index (χ2n) is 6.56. The van der Waals surface area contributed by atoms with Gasteiger partial charge in [-0.15, -0.1) is 0 Å². The van der Waals surface area contributed by atoms with Gasteiger partial charge in [-0.2, -0.15) is 0 Å². The molecule has 0 aliphatic heterocycles. The van der Waals surface area contributed by atoms with Crippen LogP contribution < -0.4 is 16.0 Å². The Kier molecular flexibility index (Phi) is 4.68. The molecule has 1 aromatic rings. The first kappa shape index (κ1) is 15.3. The number of hydrogen-bond acceptors (Lipinski definition) is 4. The van der Waals surface area contributed by atoms with E-state index in [0.29, 0.717) is 6.10 Å². The van der Waals surface area contributed by atoms with E-state index in [1.54, 1.807) is 7.11 Å². The number of nitrogens with two attached hydrogens (primary N) is 1. The van der Waals surface area contributed by atoms with Crippen LogP contribution in [0.4, 0.5) is 0 Å². The molecule has 0 bridgehead atoms. The lowest BCUT2D eigenvalue weighted by Gasteiger charge is -2.36. The summed E-state index contributed by atoms with van der Waals surface area (Å²) in [7, 11) is 1.73. The fourth-order valence-electron chi connectivity index (χ4n) is 2.51. The molecule has 1 saturated carbocycles. The molecule has 20 heavy (non-hydrogen) atoms. The number of methoxy groups -OCH3 is 1. The van der Waals surface area contributed by atoms with E-state index in [0.717, 1.165) is 24.2 Å². The maximum atomic E-state index is 5.85. The summed E-state index contributed by atoms with van der Waals surface area (Å²) in [5, 5.41) is 0. The molecule has 0 heterocycles. The van der Waals surface area contributed by atoms with Crippen molar-refractivity contribution in [1.82, 2.24) is 5.43 Å². The molecule has 4 heteroatoms. The lowest BCUT2D eigenvalue weighted by atomic mass is 9.82. The van der Waals surface area contributed by atoms with Crippen LogP contribution in [0.1, 0.15) is 45.2 Å². The molecular weight excluding hydrogens is 252 g/mol. The molecule has 0 amide bonds. The molecule has 1 fully saturated rings. The zero-order valence-corrected chi connectivity index (χ0v) is 12.8. The van der Waals surface area contributed by atoms with Crippen molar-refractivity contribution in [3.8, 4) is 5.75 Å². The van der Waals surface area contributed by atoms with E-state index in [9.17, 15) is 0 Å². The Morgan fingerprint density at radius 3 is 2.50 bits per heavy atom. The Labute approximate surface area is 121 Å². The number of ether oxygens (including phenoxy) is 2. The highest BCUT2D eigenvalue weighted by Crippen LogP contribution is 2.34. The van der Waals surface area contributed by atoms with Crippen LogP contribution in [0.5, 0.6) is 5.75 Å². The van der Waals surface area contributed by atoms with Crippen molar-refractivity contribution in [3.05, 3.63) is 29.8 Å². The monoisotopic (exact) mass is 278 g/mol. The van der Waals surface area contributed by atoms with Crippen LogP contribution in [-0.2, 0) is 4.74 Å². The molecule has 0 radical (unpaired) electrons. The molecule has 3 N–H and O–H groups in total. The van der Waals surface area contributed by atoms with Gasteiger partial charge < -0.3 is 9.47 Å². The highest BCUT2D eigenvalue weighted by Gasteiger charge is 2.33. The number of hydrazine groups is 1. The van der Waals surface area contributed by atoms with Gasteiger partial charge in [0.2, 0.25) is 0 Å². The Bertz CT molecular complexity index is 438. The van der Waals surface area contributed by atoms with E-state index >= 15 is 0 Å². The molecule has 112 valence electrons. The van der Waals surface area contributed by atoms with E-state index < -0.39 is 0 Å². The van der Waals surface area contributed by atoms with Crippen LogP contribution in [0.15, 0.2) is 24.3 Å². The van der Waals surface area contributed by atoms with Crippen molar-refractivity contribution in [2.24, 2.45) is 11.3 Å². The second-order valence-corrected chi connectivity index (χ2v) is 6.56. The predicted molar refractivity (Wildman–Crippen MR) is 80.4 cm³/mol. The van der Waals surface area contributed by atoms with Gasteiger partial charge in [0.1, 0.15) is 5.75 Å². The molecule has 2 unspecified atom stereocenters. The third kappa shape index (κ3) is 3.72. The van der Waals surface area contributed by atoms with Crippen LogP contribution in [-0.4, -0.2) is 19.3 Å². The number of hydrogen-bond donors (Lipinski definition) is 2. The van der Waals surface area contributed by atoms with Crippen molar-refractivity contribution < 1.29 is 9.47 Å². The van der Waals surface area contributed by atoms with E-state index in [4.69, 9.17) is 15.3 Å².